The van der Waals surface area contributed by atoms with Gasteiger partial charge in [0, 0.05) is 61.9 Å². The summed E-state index contributed by atoms with van der Waals surface area (Å²) in [6.07, 6.45) is 3.79. The van der Waals surface area contributed by atoms with Crippen LogP contribution in [0.25, 0.3) is 16.9 Å². The van der Waals surface area contributed by atoms with Gasteiger partial charge in [0.05, 0.1) is 17.6 Å². The van der Waals surface area contributed by atoms with E-state index >= 15 is 0 Å². The van der Waals surface area contributed by atoms with Crippen molar-refractivity contribution in [3.8, 4) is 11.3 Å². The van der Waals surface area contributed by atoms with Crippen LogP contribution in [0.5, 0.6) is 0 Å². The number of hydrogen-bond donors (Lipinski definition) is 2. The Balaban J connectivity index is 0.00000306. The van der Waals surface area contributed by atoms with Crippen molar-refractivity contribution in [2.45, 2.75) is 13.8 Å². The third-order valence-corrected chi connectivity index (χ3v) is 7.49. The average molecular weight is 493 g/mol. The van der Waals surface area contributed by atoms with Crippen LogP contribution in [0.4, 0.5) is 16.2 Å². The van der Waals surface area contributed by atoms with E-state index in [4.69, 9.17) is 0 Å². The number of benzene rings is 1. The molecule has 1 fully saturated rings. The molecule has 0 radical (unpaired) electrons. The van der Waals surface area contributed by atoms with Crippen LogP contribution in [0, 0.1) is 0 Å². The lowest BCUT2D eigenvalue weighted by atomic mass is 10.1. The number of carbonyl (C=O) groups excluding carboxylic acids is 1. The van der Waals surface area contributed by atoms with Gasteiger partial charge in [-0.15, -0.1) is 12.4 Å². The molecule has 9 nitrogen and oxygen atoms in total. The zero-order valence-electron chi connectivity index (χ0n) is 18.7. The Morgan fingerprint density at radius 3 is 2.55 bits per heavy atom. The minimum atomic E-state index is -3.14. The highest BCUT2D eigenvalue weighted by Gasteiger charge is 2.25. The van der Waals surface area contributed by atoms with Crippen LogP contribution < -0.4 is 15.5 Å². The molecule has 4 rings (SSSR count). The molecule has 0 aliphatic carbocycles. The number of urea groups is 1. The number of aromatic nitrogens is 2. The first kappa shape index (κ1) is 24.8. The normalized spacial score (nSPS) is 14.7. The van der Waals surface area contributed by atoms with Crippen molar-refractivity contribution in [2.75, 3.05) is 48.7 Å². The molecule has 3 heterocycles. The summed E-state index contributed by atoms with van der Waals surface area (Å²) in [5, 5.41) is 5.55. The summed E-state index contributed by atoms with van der Waals surface area (Å²) in [7, 11) is -3.14. The molecule has 2 amide bonds. The Morgan fingerprint density at radius 2 is 1.85 bits per heavy atom. The van der Waals surface area contributed by atoms with Gasteiger partial charge in [0.25, 0.3) is 0 Å². The van der Waals surface area contributed by atoms with Gasteiger partial charge in [-0.05, 0) is 32.0 Å². The SMILES string of the molecule is CCNC(=O)Nc1cccc(-c2cnc3cc(N4CCN(S(=O)(=O)CC)CC4)ccn23)c1.Cl. The van der Waals surface area contributed by atoms with Gasteiger partial charge >= 0.3 is 6.03 Å². The summed E-state index contributed by atoms with van der Waals surface area (Å²) >= 11 is 0. The first-order valence-electron chi connectivity index (χ1n) is 10.8. The molecule has 33 heavy (non-hydrogen) atoms. The third kappa shape index (κ3) is 5.40. The first-order chi connectivity index (χ1) is 15.4. The summed E-state index contributed by atoms with van der Waals surface area (Å²) in [5.41, 5.74) is 4.40. The van der Waals surface area contributed by atoms with Crippen molar-refractivity contribution in [1.82, 2.24) is 19.0 Å². The predicted octanol–water partition coefficient (Wildman–Crippen LogP) is 3.04. The molecule has 3 aromatic rings. The summed E-state index contributed by atoms with van der Waals surface area (Å²) < 4.78 is 27.8. The number of rotatable bonds is 6. The van der Waals surface area contributed by atoms with Gasteiger partial charge in [-0.3, -0.25) is 4.40 Å². The van der Waals surface area contributed by atoms with Crippen LogP contribution >= 0.6 is 12.4 Å². The highest BCUT2D eigenvalue weighted by Crippen LogP contribution is 2.26. The van der Waals surface area contributed by atoms with Crippen molar-refractivity contribution in [3.63, 3.8) is 0 Å². The Labute approximate surface area is 200 Å². The number of imidazole rings is 1. The molecule has 0 unspecified atom stereocenters. The number of carbonyl (C=O) groups is 1. The lowest BCUT2D eigenvalue weighted by Crippen LogP contribution is -2.49. The van der Waals surface area contributed by atoms with E-state index in [0.29, 0.717) is 38.4 Å². The molecular formula is C22H29ClN6O3S. The smallest absolute Gasteiger partial charge is 0.319 e. The van der Waals surface area contributed by atoms with Crippen LogP contribution in [-0.4, -0.2) is 66.6 Å². The zero-order valence-corrected chi connectivity index (χ0v) is 20.3. The lowest BCUT2D eigenvalue weighted by Gasteiger charge is -2.35. The minimum Gasteiger partial charge on any atom is -0.369 e. The standard InChI is InChI=1S/C22H28N6O3S.ClH/c1-3-23-22(29)25-18-7-5-6-17(14-18)20-16-24-21-15-19(8-9-28(20)21)26-10-12-27(13-11-26)32(30,31)4-2;/h5-9,14-16H,3-4,10-13H2,1-2H3,(H2,23,25,29);1H. The molecule has 2 aromatic heterocycles. The van der Waals surface area contributed by atoms with Crippen molar-refractivity contribution in [1.29, 1.82) is 0 Å². The number of nitrogens with one attached hydrogen (secondary N) is 2. The number of pyridine rings is 1. The van der Waals surface area contributed by atoms with Crippen LogP contribution in [0.15, 0.2) is 48.8 Å². The molecule has 1 aliphatic heterocycles. The number of sulfonamides is 1. The highest BCUT2D eigenvalue weighted by molar-refractivity contribution is 7.89. The van der Waals surface area contributed by atoms with E-state index in [1.54, 1.807) is 11.2 Å². The van der Waals surface area contributed by atoms with Crippen molar-refractivity contribution in [3.05, 3.63) is 48.8 Å². The van der Waals surface area contributed by atoms with Gasteiger partial charge in [0.2, 0.25) is 10.0 Å². The molecule has 178 valence electrons. The predicted molar refractivity (Wildman–Crippen MR) is 134 cm³/mol. The van der Waals surface area contributed by atoms with Gasteiger partial charge in [-0.25, -0.2) is 18.2 Å². The third-order valence-electron chi connectivity index (χ3n) is 5.61. The van der Waals surface area contributed by atoms with Crippen molar-refractivity contribution < 1.29 is 13.2 Å². The maximum absolute atomic E-state index is 12.1. The fraction of sp³-hybridized carbons (Fsp3) is 0.364. The van der Waals surface area contributed by atoms with Crippen LogP contribution in [0.1, 0.15) is 13.8 Å². The second kappa shape index (κ2) is 10.4. The van der Waals surface area contributed by atoms with E-state index in [0.717, 1.165) is 22.6 Å². The summed E-state index contributed by atoms with van der Waals surface area (Å²) in [4.78, 5) is 18.6. The van der Waals surface area contributed by atoms with E-state index in [1.807, 2.05) is 60.1 Å². The number of nitrogens with zero attached hydrogens (tertiary/aromatic N) is 4. The Hall–Kier alpha value is -2.82. The van der Waals surface area contributed by atoms with E-state index in [2.05, 4.69) is 20.5 Å². The molecule has 2 N–H and O–H groups in total. The number of fused-ring (bicyclic) bond motifs is 1. The summed E-state index contributed by atoms with van der Waals surface area (Å²) in [6.45, 7) is 6.39. The topological polar surface area (TPSA) is 99.1 Å². The first-order valence-corrected chi connectivity index (χ1v) is 12.4. The minimum absolute atomic E-state index is 0. The molecule has 0 atom stereocenters. The molecular weight excluding hydrogens is 464 g/mol. The van der Waals surface area contributed by atoms with Gasteiger partial charge in [-0.1, -0.05) is 12.1 Å². The van der Waals surface area contributed by atoms with Crippen molar-refractivity contribution in [2.24, 2.45) is 0 Å². The molecule has 1 aromatic carbocycles. The van der Waals surface area contributed by atoms with Crippen LogP contribution in [-0.2, 0) is 10.0 Å². The fourth-order valence-electron chi connectivity index (χ4n) is 3.88. The maximum Gasteiger partial charge on any atom is 0.319 e. The fourth-order valence-corrected chi connectivity index (χ4v) is 4.96. The number of halogens is 1. The van der Waals surface area contributed by atoms with Gasteiger partial charge in [0.1, 0.15) is 5.65 Å². The zero-order chi connectivity index (χ0) is 22.7. The van der Waals surface area contributed by atoms with E-state index < -0.39 is 10.0 Å². The van der Waals surface area contributed by atoms with E-state index in [-0.39, 0.29) is 24.2 Å². The quantitative estimate of drug-likeness (QED) is 0.551. The summed E-state index contributed by atoms with van der Waals surface area (Å²) in [6, 6.07) is 11.4. The Bertz CT molecular complexity index is 1220. The molecule has 1 saturated heterocycles. The van der Waals surface area contributed by atoms with Crippen LogP contribution in [0.3, 0.4) is 0 Å². The second-order valence-electron chi connectivity index (χ2n) is 7.61. The van der Waals surface area contributed by atoms with Gasteiger partial charge < -0.3 is 15.5 Å². The molecule has 0 spiro atoms. The molecule has 11 heteroatoms. The number of anilines is 2. The average Bonchev–Trinajstić information content (AvgIpc) is 3.23. The number of amides is 2. The molecule has 1 aliphatic rings. The van der Waals surface area contributed by atoms with E-state index in [9.17, 15) is 13.2 Å². The summed E-state index contributed by atoms with van der Waals surface area (Å²) in [5.74, 6) is 0.135. The van der Waals surface area contributed by atoms with Crippen molar-refractivity contribution >= 4 is 45.5 Å². The molecule has 0 saturated carbocycles. The van der Waals surface area contributed by atoms with Gasteiger partial charge in [0.15, 0.2) is 0 Å². The Kier molecular flexibility index (Phi) is 7.83. The maximum atomic E-state index is 12.1. The monoisotopic (exact) mass is 492 g/mol. The lowest BCUT2D eigenvalue weighted by molar-refractivity contribution is 0.252. The largest absolute Gasteiger partial charge is 0.369 e. The number of piperazine rings is 1. The number of hydrogen-bond acceptors (Lipinski definition) is 5. The molecule has 0 bridgehead atoms. The Morgan fingerprint density at radius 1 is 1.09 bits per heavy atom. The highest BCUT2D eigenvalue weighted by atomic mass is 35.5. The van der Waals surface area contributed by atoms with Crippen LogP contribution in [0.2, 0.25) is 0 Å². The van der Waals surface area contributed by atoms with Gasteiger partial charge in [-0.2, -0.15) is 4.31 Å². The second-order valence-corrected chi connectivity index (χ2v) is 9.87. The van der Waals surface area contributed by atoms with E-state index in [1.165, 1.54) is 0 Å².